The van der Waals surface area contributed by atoms with Crippen LogP contribution < -0.4 is 0 Å². The largest absolute Gasteiger partial charge is 0.465 e. The van der Waals surface area contributed by atoms with Gasteiger partial charge < -0.3 is 4.74 Å². The summed E-state index contributed by atoms with van der Waals surface area (Å²) in [6, 6.07) is 6.06. The van der Waals surface area contributed by atoms with Crippen LogP contribution in [0.4, 0.5) is 5.69 Å². The average Bonchev–Trinajstić information content (AvgIpc) is 2.39. The minimum absolute atomic E-state index is 0.0160. The third-order valence-corrected chi connectivity index (χ3v) is 2.93. The van der Waals surface area contributed by atoms with Crippen molar-refractivity contribution in [3.63, 3.8) is 0 Å². The fourth-order valence-electron chi connectivity index (χ4n) is 1.83. The van der Waals surface area contributed by atoms with Gasteiger partial charge in [-0.15, -0.1) is 0 Å². The molecule has 1 aromatic rings. The fraction of sp³-hybridized carbons (Fsp3) is 0.429. The van der Waals surface area contributed by atoms with Crippen LogP contribution in [0.3, 0.4) is 0 Å². The zero-order valence-electron chi connectivity index (χ0n) is 11.5. The van der Waals surface area contributed by atoms with Crippen LogP contribution in [0.2, 0.25) is 0 Å². The van der Waals surface area contributed by atoms with Crippen molar-refractivity contribution < 1.29 is 19.2 Å². The van der Waals surface area contributed by atoms with Gasteiger partial charge >= 0.3 is 5.97 Å². The molecule has 6 heteroatoms. The molecule has 0 aromatic heterocycles. The number of nitro benzene ring substituents is 1. The molecule has 0 fully saturated rings. The molecule has 0 aliphatic heterocycles. The monoisotopic (exact) mass is 279 g/mol. The van der Waals surface area contributed by atoms with Crippen LogP contribution in [0.1, 0.15) is 25.8 Å². The highest BCUT2D eigenvalue weighted by Crippen LogP contribution is 2.16. The molecule has 0 N–H and O–H groups in total. The second-order valence-corrected chi connectivity index (χ2v) is 4.38. The average molecular weight is 279 g/mol. The van der Waals surface area contributed by atoms with Crippen molar-refractivity contribution in [2.24, 2.45) is 5.92 Å². The van der Waals surface area contributed by atoms with E-state index >= 15 is 0 Å². The highest BCUT2D eigenvalue weighted by Gasteiger charge is 2.24. The van der Waals surface area contributed by atoms with Crippen molar-refractivity contribution in [2.45, 2.75) is 26.7 Å². The predicted molar refractivity (Wildman–Crippen MR) is 72.2 cm³/mol. The van der Waals surface area contributed by atoms with Crippen molar-refractivity contribution in [2.75, 3.05) is 6.61 Å². The quantitative estimate of drug-likeness (QED) is 0.331. The van der Waals surface area contributed by atoms with Crippen molar-refractivity contribution >= 4 is 17.4 Å². The molecule has 1 aromatic carbocycles. The second-order valence-electron chi connectivity index (χ2n) is 4.38. The van der Waals surface area contributed by atoms with Crippen LogP contribution in [0.5, 0.6) is 0 Å². The molecule has 0 aliphatic carbocycles. The van der Waals surface area contributed by atoms with Crippen molar-refractivity contribution in [1.82, 2.24) is 0 Å². The van der Waals surface area contributed by atoms with Gasteiger partial charge in [-0.1, -0.05) is 12.1 Å². The molecule has 0 saturated carbocycles. The molecule has 0 spiro atoms. The molecule has 0 amide bonds. The Morgan fingerprint density at radius 3 is 2.35 bits per heavy atom. The molecular formula is C14H17NO5. The minimum Gasteiger partial charge on any atom is -0.465 e. The Bertz CT molecular complexity index is 495. The van der Waals surface area contributed by atoms with Gasteiger partial charge in [0.15, 0.2) is 0 Å². The Morgan fingerprint density at radius 2 is 1.90 bits per heavy atom. The van der Waals surface area contributed by atoms with Crippen LogP contribution in [-0.2, 0) is 20.7 Å². The van der Waals surface area contributed by atoms with Crippen LogP contribution in [-0.4, -0.2) is 23.3 Å². The molecule has 0 bridgehead atoms. The number of benzene rings is 1. The molecule has 6 nitrogen and oxygen atoms in total. The predicted octanol–water partition coefficient (Wildman–Crippen LogP) is 2.30. The summed E-state index contributed by atoms with van der Waals surface area (Å²) in [7, 11) is 0. The van der Waals surface area contributed by atoms with Gasteiger partial charge in [0.2, 0.25) is 0 Å². The maximum absolute atomic E-state index is 11.6. The first-order chi connectivity index (χ1) is 9.45. The summed E-state index contributed by atoms with van der Waals surface area (Å²) < 4.78 is 4.86. The van der Waals surface area contributed by atoms with Gasteiger partial charge in [0.05, 0.1) is 11.5 Å². The van der Waals surface area contributed by atoms with Crippen molar-refractivity contribution in [3.05, 3.63) is 39.9 Å². The highest BCUT2D eigenvalue weighted by atomic mass is 16.6. The number of nitro groups is 1. The van der Waals surface area contributed by atoms with E-state index in [-0.39, 0.29) is 18.1 Å². The molecular weight excluding hydrogens is 262 g/mol. The number of nitrogens with zero attached hydrogens (tertiary/aromatic N) is 1. The van der Waals surface area contributed by atoms with Crippen LogP contribution in [0.25, 0.3) is 0 Å². The summed E-state index contributed by atoms with van der Waals surface area (Å²) in [4.78, 5) is 33.1. The lowest BCUT2D eigenvalue weighted by molar-refractivity contribution is -0.384. The molecule has 1 unspecified atom stereocenters. The topological polar surface area (TPSA) is 86.5 Å². The molecule has 1 rings (SSSR count). The number of aryl methyl sites for hydroxylation is 1. The maximum Gasteiger partial charge on any atom is 0.316 e. The normalized spacial score (nSPS) is 11.7. The summed E-state index contributed by atoms with van der Waals surface area (Å²) in [6.07, 6.45) is 0.826. The van der Waals surface area contributed by atoms with E-state index in [1.54, 1.807) is 19.1 Å². The zero-order chi connectivity index (χ0) is 15.1. The van der Waals surface area contributed by atoms with Crippen LogP contribution in [0.15, 0.2) is 24.3 Å². The number of ether oxygens (including phenoxy) is 1. The summed E-state index contributed by atoms with van der Waals surface area (Å²) in [5, 5.41) is 10.5. The van der Waals surface area contributed by atoms with Gasteiger partial charge in [0, 0.05) is 12.1 Å². The molecule has 20 heavy (non-hydrogen) atoms. The number of non-ortho nitro benzene ring substituents is 1. The Kier molecular flexibility index (Phi) is 5.83. The fourth-order valence-corrected chi connectivity index (χ4v) is 1.83. The lowest BCUT2D eigenvalue weighted by Gasteiger charge is -2.12. The van der Waals surface area contributed by atoms with E-state index in [1.807, 2.05) is 0 Å². The van der Waals surface area contributed by atoms with Crippen LogP contribution >= 0.6 is 0 Å². The van der Waals surface area contributed by atoms with E-state index < -0.39 is 16.8 Å². The maximum atomic E-state index is 11.6. The van der Waals surface area contributed by atoms with E-state index in [1.165, 1.54) is 19.1 Å². The van der Waals surface area contributed by atoms with Gasteiger partial charge in [-0.05, 0) is 32.3 Å². The Hall–Kier alpha value is -2.24. The first-order valence-electron chi connectivity index (χ1n) is 6.36. The summed E-state index contributed by atoms with van der Waals surface area (Å²) in [5.74, 6) is -1.52. The first-order valence-corrected chi connectivity index (χ1v) is 6.36. The van der Waals surface area contributed by atoms with E-state index in [0.29, 0.717) is 12.8 Å². The highest BCUT2D eigenvalue weighted by molar-refractivity contribution is 5.97. The lowest BCUT2D eigenvalue weighted by Crippen LogP contribution is -2.24. The number of Topliss-reactive ketones (excluding diaryl/α,β-unsaturated/α-hetero) is 1. The van der Waals surface area contributed by atoms with Crippen molar-refractivity contribution in [3.8, 4) is 0 Å². The number of esters is 1. The van der Waals surface area contributed by atoms with E-state index in [4.69, 9.17) is 4.74 Å². The summed E-state index contributed by atoms with van der Waals surface area (Å²) in [5.41, 5.74) is 0.855. The molecule has 0 saturated heterocycles. The Balaban J connectivity index is 2.65. The third-order valence-electron chi connectivity index (χ3n) is 2.93. The number of hydrogen-bond acceptors (Lipinski definition) is 5. The second kappa shape index (κ2) is 7.37. The van der Waals surface area contributed by atoms with Gasteiger partial charge in [-0.2, -0.15) is 0 Å². The number of hydrogen-bond donors (Lipinski definition) is 0. The smallest absolute Gasteiger partial charge is 0.316 e. The lowest BCUT2D eigenvalue weighted by atomic mass is 9.96. The minimum atomic E-state index is -0.773. The van der Waals surface area contributed by atoms with Gasteiger partial charge in [-0.25, -0.2) is 0 Å². The number of carbonyl (C=O) groups is 2. The molecule has 108 valence electrons. The zero-order valence-corrected chi connectivity index (χ0v) is 11.5. The van der Waals surface area contributed by atoms with Gasteiger partial charge in [0.1, 0.15) is 11.7 Å². The van der Waals surface area contributed by atoms with Crippen molar-refractivity contribution in [1.29, 1.82) is 0 Å². The number of rotatable bonds is 7. The Labute approximate surface area is 116 Å². The third kappa shape index (κ3) is 4.46. The molecule has 0 heterocycles. The standard InChI is InChI=1S/C14H17NO5/c1-3-20-14(17)13(10(2)16)9-6-11-4-7-12(8-5-11)15(18)19/h4-5,7-8,13H,3,6,9H2,1-2H3. The number of carbonyl (C=O) groups excluding carboxylic acids is 2. The van der Waals surface area contributed by atoms with Gasteiger partial charge in [0.25, 0.3) is 5.69 Å². The first kappa shape index (κ1) is 15.8. The van der Waals surface area contributed by atoms with Gasteiger partial charge in [-0.3, -0.25) is 19.7 Å². The SMILES string of the molecule is CCOC(=O)C(CCc1ccc([N+](=O)[O-])cc1)C(C)=O. The molecule has 0 aliphatic rings. The van der Waals surface area contributed by atoms with E-state index in [2.05, 4.69) is 0 Å². The van der Waals surface area contributed by atoms with Crippen LogP contribution in [0, 0.1) is 16.0 Å². The summed E-state index contributed by atoms with van der Waals surface area (Å²) >= 11 is 0. The van der Waals surface area contributed by atoms with E-state index in [9.17, 15) is 19.7 Å². The molecule has 0 radical (unpaired) electrons. The Morgan fingerprint density at radius 1 is 1.30 bits per heavy atom. The van der Waals surface area contributed by atoms with E-state index in [0.717, 1.165) is 5.56 Å². The number of ketones is 1. The summed E-state index contributed by atoms with van der Waals surface area (Å²) in [6.45, 7) is 3.28. The molecule has 1 atom stereocenters.